The molecule has 0 unspecified atom stereocenters. The molecule has 8 heteroatoms. The molecule has 3 N–H and O–H groups in total. The van der Waals surface area contributed by atoms with Gasteiger partial charge in [0, 0.05) is 20.7 Å². The molecule has 0 aliphatic carbocycles. The van der Waals surface area contributed by atoms with Gasteiger partial charge in [0.2, 0.25) is 17.7 Å². The predicted octanol–water partition coefficient (Wildman–Crippen LogP) is 0.842. The van der Waals surface area contributed by atoms with Gasteiger partial charge < -0.3 is 25.6 Å². The number of rotatable bonds is 11. The Morgan fingerprint density at radius 2 is 1.90 bits per heavy atom. The minimum atomic E-state index is -0.629. The van der Waals surface area contributed by atoms with Crippen molar-refractivity contribution < 1.29 is 19.1 Å². The van der Waals surface area contributed by atoms with Crippen LogP contribution in [-0.4, -0.2) is 80.0 Å². The van der Waals surface area contributed by atoms with Gasteiger partial charge in [-0.1, -0.05) is 34.1 Å². The van der Waals surface area contributed by atoms with Crippen LogP contribution in [0, 0.1) is 17.8 Å². The van der Waals surface area contributed by atoms with Gasteiger partial charge in [-0.05, 0) is 31.8 Å². The number of primary amides is 1. The maximum atomic E-state index is 13.4. The number of nitrogens with one attached hydrogen (secondary N) is 1. The van der Waals surface area contributed by atoms with E-state index in [9.17, 15) is 14.4 Å². The van der Waals surface area contributed by atoms with E-state index in [0.717, 1.165) is 19.4 Å². The summed E-state index contributed by atoms with van der Waals surface area (Å²) in [7, 11) is 5.24. The minimum absolute atomic E-state index is 0.0379. The quantitative estimate of drug-likeness (QED) is 0.523. The average Bonchev–Trinajstić information content (AvgIpc) is 3.10. The van der Waals surface area contributed by atoms with E-state index in [-0.39, 0.29) is 42.0 Å². The van der Waals surface area contributed by atoms with E-state index < -0.39 is 18.1 Å². The molecule has 0 aromatic carbocycles. The number of nitrogens with two attached hydrogens (primary N) is 1. The van der Waals surface area contributed by atoms with Crippen molar-refractivity contribution in [2.75, 3.05) is 34.3 Å². The molecule has 8 nitrogen and oxygen atoms in total. The molecule has 0 aromatic rings. The number of hydrogen-bond donors (Lipinski definition) is 2. The topological polar surface area (TPSA) is 105 Å². The first-order valence-corrected chi connectivity index (χ1v) is 10.6. The highest BCUT2D eigenvalue weighted by Gasteiger charge is 2.38. The first kappa shape index (κ1) is 25.4. The molecule has 5 atom stereocenters. The van der Waals surface area contributed by atoms with Gasteiger partial charge >= 0.3 is 0 Å². The normalized spacial score (nSPS) is 21.4. The fraction of sp³-hybridized carbons (Fsp3) is 0.857. The van der Waals surface area contributed by atoms with Gasteiger partial charge in [-0.3, -0.25) is 14.4 Å². The van der Waals surface area contributed by atoms with E-state index >= 15 is 0 Å². The molecule has 0 aromatic heterocycles. The summed E-state index contributed by atoms with van der Waals surface area (Å²) in [6.45, 7) is 9.50. The number of likely N-dealkylation sites (N-methyl/N-ethyl adjacent to an activating group) is 1. The summed E-state index contributed by atoms with van der Waals surface area (Å²) in [5.41, 5.74) is 5.40. The number of carbonyl (C=O) groups excluding carboxylic acids is 3. The highest BCUT2D eigenvalue weighted by molar-refractivity contribution is 5.89. The molecule has 0 bridgehead atoms. The van der Waals surface area contributed by atoms with Crippen molar-refractivity contribution >= 4 is 17.7 Å². The lowest BCUT2D eigenvalue weighted by molar-refractivity contribution is -0.144. The Balaban J connectivity index is 3.01. The molecule has 168 valence electrons. The van der Waals surface area contributed by atoms with Crippen molar-refractivity contribution in [2.45, 2.75) is 65.1 Å². The Morgan fingerprint density at radius 3 is 2.31 bits per heavy atom. The van der Waals surface area contributed by atoms with Crippen LogP contribution in [0.1, 0.15) is 47.0 Å². The van der Waals surface area contributed by atoms with Gasteiger partial charge in [-0.2, -0.15) is 0 Å². The summed E-state index contributed by atoms with van der Waals surface area (Å²) in [5, 5.41) is 2.98. The second kappa shape index (κ2) is 11.5. The van der Waals surface area contributed by atoms with Crippen molar-refractivity contribution in [1.82, 2.24) is 15.1 Å². The maximum absolute atomic E-state index is 13.4. The number of methoxy groups -OCH3 is 1. The molecule has 1 saturated heterocycles. The van der Waals surface area contributed by atoms with Crippen molar-refractivity contribution in [3.8, 4) is 0 Å². The van der Waals surface area contributed by atoms with Gasteiger partial charge in [-0.15, -0.1) is 0 Å². The Bertz CT molecular complexity index is 569. The standard InChI is InChI=1S/C21H40N4O4/c1-8-14(4)19(16(29-7)11-17(22)26)25(6)21(28)18(13(2)3)23-20(27)15-9-10-24(5)12-15/h13-16,18-19H,8-12H2,1-7H3,(H2,22,26)(H,23,27)/t14-,15+,16+,18-,19-/m0/s1. The summed E-state index contributed by atoms with van der Waals surface area (Å²) in [4.78, 5) is 41.4. The molecule has 29 heavy (non-hydrogen) atoms. The Labute approximate surface area is 175 Å². The summed E-state index contributed by atoms with van der Waals surface area (Å²) in [6, 6.07) is -0.947. The van der Waals surface area contributed by atoms with Crippen LogP contribution in [0.3, 0.4) is 0 Å². The highest BCUT2D eigenvalue weighted by Crippen LogP contribution is 2.23. The highest BCUT2D eigenvalue weighted by atomic mass is 16.5. The van der Waals surface area contributed by atoms with E-state index in [4.69, 9.17) is 10.5 Å². The molecule has 0 radical (unpaired) electrons. The minimum Gasteiger partial charge on any atom is -0.379 e. The maximum Gasteiger partial charge on any atom is 0.245 e. The smallest absolute Gasteiger partial charge is 0.245 e. The molecule has 0 spiro atoms. The van der Waals surface area contributed by atoms with Crippen LogP contribution in [0.5, 0.6) is 0 Å². The average molecular weight is 413 g/mol. The zero-order valence-corrected chi connectivity index (χ0v) is 19.1. The molecular formula is C21H40N4O4. The third kappa shape index (κ3) is 6.96. The number of likely N-dealkylation sites (tertiary alicyclic amines) is 1. The summed E-state index contributed by atoms with van der Waals surface area (Å²) in [5.74, 6) is -0.772. The van der Waals surface area contributed by atoms with Crippen LogP contribution in [0.25, 0.3) is 0 Å². The lowest BCUT2D eigenvalue weighted by Crippen LogP contribution is -2.57. The van der Waals surface area contributed by atoms with Crippen molar-refractivity contribution in [3.63, 3.8) is 0 Å². The fourth-order valence-corrected chi connectivity index (χ4v) is 4.08. The SMILES string of the molecule is CC[C@H](C)[C@@H]([C@@H](CC(N)=O)OC)N(C)C(=O)[C@@H](NC(=O)[C@@H]1CCN(C)C1)C(C)C. The third-order valence-corrected chi connectivity index (χ3v) is 6.10. The number of carbonyl (C=O) groups is 3. The van der Waals surface area contributed by atoms with E-state index in [0.29, 0.717) is 6.54 Å². The third-order valence-electron chi connectivity index (χ3n) is 6.10. The van der Waals surface area contributed by atoms with Gasteiger partial charge in [0.05, 0.1) is 24.5 Å². The van der Waals surface area contributed by atoms with Crippen molar-refractivity contribution in [2.24, 2.45) is 23.5 Å². The molecule has 1 rings (SSSR count). The largest absolute Gasteiger partial charge is 0.379 e. The molecule has 1 aliphatic rings. The number of hydrogen-bond acceptors (Lipinski definition) is 5. The second-order valence-corrected chi connectivity index (χ2v) is 8.75. The van der Waals surface area contributed by atoms with Gasteiger partial charge in [0.1, 0.15) is 6.04 Å². The van der Waals surface area contributed by atoms with Crippen LogP contribution >= 0.6 is 0 Å². The van der Waals surface area contributed by atoms with Crippen LogP contribution in [0.4, 0.5) is 0 Å². The number of nitrogens with zero attached hydrogens (tertiary/aromatic N) is 2. The van der Waals surface area contributed by atoms with Crippen molar-refractivity contribution in [1.29, 1.82) is 0 Å². The first-order chi connectivity index (χ1) is 13.5. The zero-order chi connectivity index (χ0) is 22.3. The molecule has 0 saturated carbocycles. The zero-order valence-electron chi connectivity index (χ0n) is 19.1. The molecule has 3 amide bonds. The monoisotopic (exact) mass is 412 g/mol. The van der Waals surface area contributed by atoms with Gasteiger partial charge in [0.15, 0.2) is 0 Å². The Morgan fingerprint density at radius 1 is 1.28 bits per heavy atom. The summed E-state index contributed by atoms with van der Waals surface area (Å²) >= 11 is 0. The molecule has 1 heterocycles. The molecule has 1 aliphatic heterocycles. The summed E-state index contributed by atoms with van der Waals surface area (Å²) in [6.07, 6.45) is 1.16. The van der Waals surface area contributed by atoms with Crippen LogP contribution in [-0.2, 0) is 19.1 Å². The Kier molecular flexibility index (Phi) is 10.1. The van der Waals surface area contributed by atoms with E-state index in [1.165, 1.54) is 7.11 Å². The molecular weight excluding hydrogens is 372 g/mol. The van der Waals surface area contributed by atoms with E-state index in [1.54, 1.807) is 11.9 Å². The number of ether oxygens (including phenoxy) is 1. The number of amides is 3. The first-order valence-electron chi connectivity index (χ1n) is 10.6. The summed E-state index contributed by atoms with van der Waals surface area (Å²) < 4.78 is 5.54. The van der Waals surface area contributed by atoms with E-state index in [2.05, 4.69) is 10.2 Å². The van der Waals surface area contributed by atoms with Crippen LogP contribution in [0.2, 0.25) is 0 Å². The van der Waals surface area contributed by atoms with Gasteiger partial charge in [-0.25, -0.2) is 0 Å². The van der Waals surface area contributed by atoms with Crippen LogP contribution < -0.4 is 11.1 Å². The van der Waals surface area contributed by atoms with E-state index in [1.807, 2.05) is 34.7 Å². The van der Waals surface area contributed by atoms with Crippen molar-refractivity contribution in [3.05, 3.63) is 0 Å². The van der Waals surface area contributed by atoms with Crippen LogP contribution in [0.15, 0.2) is 0 Å². The second-order valence-electron chi connectivity index (χ2n) is 8.75. The Hall–Kier alpha value is -1.67. The predicted molar refractivity (Wildman–Crippen MR) is 113 cm³/mol. The fourth-order valence-electron chi connectivity index (χ4n) is 4.08. The lowest BCUT2D eigenvalue weighted by atomic mass is 9.90. The molecule has 1 fully saturated rings. The van der Waals surface area contributed by atoms with Gasteiger partial charge in [0.25, 0.3) is 0 Å². The lowest BCUT2D eigenvalue weighted by Gasteiger charge is -2.39.